The zero-order valence-electron chi connectivity index (χ0n) is 13.1. The van der Waals surface area contributed by atoms with E-state index >= 15 is 0 Å². The van der Waals surface area contributed by atoms with Gasteiger partial charge < -0.3 is 19.4 Å². The summed E-state index contributed by atoms with van der Waals surface area (Å²) in [5.41, 5.74) is 0. The molecule has 0 aromatic carbocycles. The summed E-state index contributed by atoms with van der Waals surface area (Å²) in [6.07, 6.45) is 1.69. The Morgan fingerprint density at radius 2 is 2.33 bits per heavy atom. The smallest absolute Gasteiger partial charge is 0.330 e. The van der Waals surface area contributed by atoms with Gasteiger partial charge in [-0.15, -0.1) is 11.8 Å². The second kappa shape index (κ2) is 8.40. The van der Waals surface area contributed by atoms with Crippen LogP contribution in [0.5, 0.6) is 0 Å². The van der Waals surface area contributed by atoms with Gasteiger partial charge in [-0.2, -0.15) is 5.26 Å². The van der Waals surface area contributed by atoms with Crippen molar-refractivity contribution < 1.29 is 23.5 Å². The van der Waals surface area contributed by atoms with Gasteiger partial charge in [0.2, 0.25) is 5.91 Å². The molecule has 1 fully saturated rings. The van der Waals surface area contributed by atoms with Gasteiger partial charge in [-0.25, -0.2) is 4.79 Å². The van der Waals surface area contributed by atoms with Gasteiger partial charge in [-0.1, -0.05) is 0 Å². The summed E-state index contributed by atoms with van der Waals surface area (Å²) in [6.45, 7) is 1.13. The summed E-state index contributed by atoms with van der Waals surface area (Å²) >= 11 is 1.40. The highest BCUT2D eigenvalue weighted by Gasteiger charge is 2.43. The van der Waals surface area contributed by atoms with Crippen molar-refractivity contribution in [3.8, 4) is 6.07 Å². The molecule has 0 saturated carbocycles. The monoisotopic (exact) mass is 351 g/mol. The fourth-order valence-corrected chi connectivity index (χ4v) is 3.68. The molecule has 1 saturated heterocycles. The number of carbonyl (C=O) groups is 3. The molecule has 0 bridgehead atoms. The standard InChI is InChI=1S/C15H17N3O5S/c1-10(19)18-11(9-24-14(18)12-4-2-7-22-12)15(21)23-8-13(20)17-6-3-5-16/h2,4,7,11,14H,3,6,8-9H2,1H3,(H,17,20)/t11-,14-/m0/s1. The zero-order chi connectivity index (χ0) is 17.5. The third kappa shape index (κ3) is 4.29. The zero-order valence-corrected chi connectivity index (χ0v) is 13.9. The molecule has 2 heterocycles. The van der Waals surface area contributed by atoms with Gasteiger partial charge in [0.15, 0.2) is 6.61 Å². The third-order valence-corrected chi connectivity index (χ3v) is 4.61. The molecular weight excluding hydrogens is 334 g/mol. The van der Waals surface area contributed by atoms with Crippen LogP contribution < -0.4 is 5.32 Å². The summed E-state index contributed by atoms with van der Waals surface area (Å²) in [5, 5.41) is 10.5. The fraction of sp³-hybridized carbons (Fsp3) is 0.467. The number of rotatable bonds is 6. The van der Waals surface area contributed by atoms with Crippen LogP contribution in [0.3, 0.4) is 0 Å². The molecule has 128 valence electrons. The number of nitrogens with zero attached hydrogens (tertiary/aromatic N) is 2. The van der Waals surface area contributed by atoms with Gasteiger partial charge in [0, 0.05) is 19.2 Å². The first-order valence-electron chi connectivity index (χ1n) is 7.28. The van der Waals surface area contributed by atoms with Crippen molar-refractivity contribution in [2.45, 2.75) is 24.8 Å². The summed E-state index contributed by atoms with van der Waals surface area (Å²) in [7, 11) is 0. The SMILES string of the molecule is CC(=O)N1[C@H](C(=O)OCC(=O)NCCC#N)CS[C@H]1c1ccco1. The fourth-order valence-electron chi connectivity index (χ4n) is 2.27. The molecule has 0 unspecified atom stereocenters. The number of ether oxygens (including phenoxy) is 1. The van der Waals surface area contributed by atoms with Crippen LogP contribution in [0.2, 0.25) is 0 Å². The molecule has 1 N–H and O–H groups in total. The topological polar surface area (TPSA) is 113 Å². The lowest BCUT2D eigenvalue weighted by molar-refractivity contribution is -0.156. The Labute approximate surface area is 143 Å². The molecule has 24 heavy (non-hydrogen) atoms. The molecule has 1 aliphatic rings. The Balaban J connectivity index is 1.93. The van der Waals surface area contributed by atoms with Crippen LogP contribution in [0.4, 0.5) is 0 Å². The molecule has 1 aliphatic heterocycles. The van der Waals surface area contributed by atoms with Crippen molar-refractivity contribution in [3.05, 3.63) is 24.2 Å². The molecule has 2 amide bonds. The van der Waals surface area contributed by atoms with Crippen molar-refractivity contribution in [2.75, 3.05) is 18.9 Å². The second-order valence-electron chi connectivity index (χ2n) is 5.01. The summed E-state index contributed by atoms with van der Waals surface area (Å²) in [4.78, 5) is 37.1. The van der Waals surface area contributed by atoms with E-state index in [-0.39, 0.29) is 24.2 Å². The average molecular weight is 351 g/mol. The predicted octanol–water partition coefficient (Wildman–Crippen LogP) is 0.815. The Morgan fingerprint density at radius 3 is 2.96 bits per heavy atom. The first-order chi connectivity index (χ1) is 11.5. The molecule has 2 atom stereocenters. The van der Waals surface area contributed by atoms with E-state index in [4.69, 9.17) is 14.4 Å². The lowest BCUT2D eigenvalue weighted by atomic mass is 10.2. The van der Waals surface area contributed by atoms with Crippen LogP contribution in [0.15, 0.2) is 22.8 Å². The number of thioether (sulfide) groups is 1. The van der Waals surface area contributed by atoms with Gasteiger partial charge >= 0.3 is 5.97 Å². The quantitative estimate of drug-likeness (QED) is 0.596. The van der Waals surface area contributed by atoms with Crippen molar-refractivity contribution in [1.29, 1.82) is 5.26 Å². The molecule has 0 radical (unpaired) electrons. The molecule has 2 rings (SSSR count). The molecule has 1 aromatic rings. The van der Waals surface area contributed by atoms with E-state index in [1.807, 2.05) is 6.07 Å². The lowest BCUT2D eigenvalue weighted by Gasteiger charge is -2.25. The number of nitriles is 1. The maximum Gasteiger partial charge on any atom is 0.330 e. The van der Waals surface area contributed by atoms with E-state index in [0.717, 1.165) is 0 Å². The van der Waals surface area contributed by atoms with Gasteiger partial charge in [0.1, 0.15) is 17.2 Å². The van der Waals surface area contributed by atoms with Crippen LogP contribution in [0.25, 0.3) is 0 Å². The van der Waals surface area contributed by atoms with Crippen LogP contribution in [0, 0.1) is 11.3 Å². The molecular formula is C15H17N3O5S. The van der Waals surface area contributed by atoms with Crippen molar-refractivity contribution in [2.24, 2.45) is 0 Å². The van der Waals surface area contributed by atoms with Gasteiger partial charge in [-0.05, 0) is 12.1 Å². The molecule has 1 aromatic heterocycles. The van der Waals surface area contributed by atoms with Crippen LogP contribution in [0.1, 0.15) is 24.5 Å². The van der Waals surface area contributed by atoms with Crippen molar-refractivity contribution in [3.63, 3.8) is 0 Å². The Hall–Kier alpha value is -2.47. The summed E-state index contributed by atoms with van der Waals surface area (Å²) in [6, 6.07) is 4.58. The number of esters is 1. The highest BCUT2D eigenvalue weighted by atomic mass is 32.2. The van der Waals surface area contributed by atoms with Gasteiger partial charge in [-0.3, -0.25) is 9.59 Å². The minimum atomic E-state index is -0.769. The van der Waals surface area contributed by atoms with E-state index in [2.05, 4.69) is 5.32 Å². The van der Waals surface area contributed by atoms with Gasteiger partial charge in [0.05, 0.1) is 18.8 Å². The number of hydrogen-bond donors (Lipinski definition) is 1. The van der Waals surface area contributed by atoms with E-state index in [1.165, 1.54) is 29.8 Å². The maximum absolute atomic E-state index is 12.2. The number of hydrogen-bond acceptors (Lipinski definition) is 7. The van der Waals surface area contributed by atoms with E-state index in [1.54, 1.807) is 12.1 Å². The van der Waals surface area contributed by atoms with Crippen molar-refractivity contribution in [1.82, 2.24) is 10.2 Å². The van der Waals surface area contributed by atoms with Crippen LogP contribution >= 0.6 is 11.8 Å². The van der Waals surface area contributed by atoms with Crippen molar-refractivity contribution >= 4 is 29.5 Å². The minimum Gasteiger partial charge on any atom is -0.466 e. The third-order valence-electron chi connectivity index (χ3n) is 3.33. The number of nitrogens with one attached hydrogen (secondary N) is 1. The average Bonchev–Trinajstić information content (AvgIpc) is 3.21. The Kier molecular flexibility index (Phi) is 6.26. The second-order valence-corrected chi connectivity index (χ2v) is 6.12. The maximum atomic E-state index is 12.2. The van der Waals surface area contributed by atoms with Gasteiger partial charge in [0.25, 0.3) is 5.91 Å². The predicted molar refractivity (Wildman–Crippen MR) is 84.4 cm³/mol. The lowest BCUT2D eigenvalue weighted by Crippen LogP contribution is -2.43. The summed E-state index contributed by atoms with van der Waals surface area (Å²) in [5.74, 6) is -0.454. The van der Waals surface area contributed by atoms with Crippen LogP contribution in [-0.4, -0.2) is 47.6 Å². The van der Waals surface area contributed by atoms with E-state index < -0.39 is 24.5 Å². The molecule has 8 nitrogen and oxygen atoms in total. The molecule has 0 aliphatic carbocycles. The highest BCUT2D eigenvalue weighted by Crippen LogP contribution is 2.41. The Bertz CT molecular complexity index is 640. The number of carbonyl (C=O) groups excluding carboxylic acids is 3. The van der Waals surface area contributed by atoms with E-state index in [0.29, 0.717) is 11.5 Å². The summed E-state index contributed by atoms with van der Waals surface area (Å²) < 4.78 is 10.3. The number of amides is 2. The van der Waals surface area contributed by atoms with E-state index in [9.17, 15) is 14.4 Å². The largest absolute Gasteiger partial charge is 0.466 e. The Morgan fingerprint density at radius 1 is 1.54 bits per heavy atom. The molecule has 9 heteroatoms. The minimum absolute atomic E-state index is 0.182. The number of furan rings is 1. The highest BCUT2D eigenvalue weighted by molar-refractivity contribution is 7.99. The molecule has 0 spiro atoms. The first kappa shape index (κ1) is 17.9. The first-order valence-corrected chi connectivity index (χ1v) is 8.33. The normalized spacial score (nSPS) is 19.6. The van der Waals surface area contributed by atoms with Crippen LogP contribution in [-0.2, 0) is 19.1 Å².